The Labute approximate surface area is 52.5 Å². The Morgan fingerprint density at radius 3 is 3.11 bits per heavy atom. The van der Waals surface area contributed by atoms with E-state index in [1.165, 1.54) is 6.17 Å². The van der Waals surface area contributed by atoms with Crippen molar-refractivity contribution < 1.29 is 4.39 Å². The molecule has 0 aromatic carbocycles. The molecule has 1 rings (SSSR count). The second-order valence-electron chi connectivity index (χ2n) is 1.38. The Balaban J connectivity index is 2.94. The monoisotopic (exact) mass is 120 g/mol. The van der Waals surface area contributed by atoms with Gasteiger partial charge in [0.15, 0.2) is 0 Å². The van der Waals surface area contributed by atoms with Gasteiger partial charge in [0.1, 0.15) is 12.4 Å². The molecule has 0 aliphatic rings. The maximum Gasteiger partial charge on any atom is 0.111 e. The molecule has 43 valence electrons. The van der Waals surface area contributed by atoms with Gasteiger partial charge < -0.3 is 0 Å². The smallest absolute Gasteiger partial charge is 0.111 e. The molecule has 1 radical (unpaired) electrons. The summed E-state index contributed by atoms with van der Waals surface area (Å²) in [5, 5.41) is 0. The molecule has 0 aliphatic heterocycles. The molecule has 9 heavy (non-hydrogen) atoms. The molecule has 0 aliphatic carbocycles. The maximum atomic E-state index is 11.3. The van der Waals surface area contributed by atoms with Crippen molar-refractivity contribution in [1.82, 2.24) is 4.98 Å². The SMILES string of the molecule is FC#Cc1[c]nccc1. The van der Waals surface area contributed by atoms with E-state index in [-0.39, 0.29) is 0 Å². The van der Waals surface area contributed by atoms with E-state index in [2.05, 4.69) is 17.1 Å². The van der Waals surface area contributed by atoms with Gasteiger partial charge in [-0.05, 0) is 18.1 Å². The highest BCUT2D eigenvalue weighted by Gasteiger charge is 1.81. The van der Waals surface area contributed by atoms with Gasteiger partial charge >= 0.3 is 0 Å². The largest absolute Gasteiger partial charge is 0.253 e. The lowest BCUT2D eigenvalue weighted by Gasteiger charge is -1.80. The van der Waals surface area contributed by atoms with Crippen LogP contribution in [0.4, 0.5) is 4.39 Å². The predicted octanol–water partition coefficient (Wildman–Crippen LogP) is 1.16. The van der Waals surface area contributed by atoms with Gasteiger partial charge in [-0.25, -0.2) is 0 Å². The van der Waals surface area contributed by atoms with Crippen LogP contribution in [0.25, 0.3) is 0 Å². The summed E-state index contributed by atoms with van der Waals surface area (Å²) in [5.41, 5.74) is 0.472. The van der Waals surface area contributed by atoms with Gasteiger partial charge in [-0.3, -0.25) is 4.98 Å². The normalized spacial score (nSPS) is 7.67. The van der Waals surface area contributed by atoms with E-state index in [0.29, 0.717) is 5.56 Å². The Bertz CT molecular complexity index is 232. The number of nitrogens with zero attached hydrogens (tertiary/aromatic N) is 1. The highest BCUT2D eigenvalue weighted by molar-refractivity contribution is 5.28. The van der Waals surface area contributed by atoms with Crippen molar-refractivity contribution in [3.63, 3.8) is 0 Å². The lowest BCUT2D eigenvalue weighted by molar-refractivity contribution is 0.773. The number of halogens is 1. The van der Waals surface area contributed by atoms with Crippen LogP contribution in [0.3, 0.4) is 0 Å². The van der Waals surface area contributed by atoms with E-state index in [0.717, 1.165) is 0 Å². The minimum Gasteiger partial charge on any atom is -0.253 e. The van der Waals surface area contributed by atoms with E-state index in [1.807, 2.05) is 0 Å². The fourth-order valence-corrected chi connectivity index (χ4v) is 0.447. The molecule has 1 nitrogen and oxygen atoms in total. The van der Waals surface area contributed by atoms with Crippen molar-refractivity contribution in [2.24, 2.45) is 0 Å². The van der Waals surface area contributed by atoms with Crippen LogP contribution in [0.5, 0.6) is 0 Å². The van der Waals surface area contributed by atoms with Crippen molar-refractivity contribution in [2.75, 3.05) is 0 Å². The molecule has 0 saturated heterocycles. The molecule has 1 aromatic heterocycles. The van der Waals surface area contributed by atoms with Crippen molar-refractivity contribution in [1.29, 1.82) is 0 Å². The number of pyridine rings is 1. The quantitative estimate of drug-likeness (QED) is 0.468. The van der Waals surface area contributed by atoms with E-state index >= 15 is 0 Å². The van der Waals surface area contributed by atoms with E-state index in [1.54, 1.807) is 18.3 Å². The van der Waals surface area contributed by atoms with Gasteiger partial charge in [-0.15, -0.1) is 4.39 Å². The van der Waals surface area contributed by atoms with Crippen LogP contribution < -0.4 is 0 Å². The van der Waals surface area contributed by atoms with Crippen molar-refractivity contribution >= 4 is 0 Å². The maximum absolute atomic E-state index is 11.3. The molecule has 0 N–H and O–H groups in total. The predicted molar refractivity (Wildman–Crippen MR) is 31.1 cm³/mol. The minimum absolute atomic E-state index is 0.472. The third kappa shape index (κ3) is 1.54. The molecule has 0 bridgehead atoms. The third-order valence-electron chi connectivity index (χ3n) is 0.790. The fourth-order valence-electron chi connectivity index (χ4n) is 0.447. The Morgan fingerprint density at radius 2 is 2.56 bits per heavy atom. The van der Waals surface area contributed by atoms with Crippen molar-refractivity contribution in [3.8, 4) is 12.1 Å². The average molecular weight is 120 g/mol. The zero-order valence-electron chi connectivity index (χ0n) is 4.56. The summed E-state index contributed by atoms with van der Waals surface area (Å²) in [6.07, 6.45) is 5.33. The summed E-state index contributed by atoms with van der Waals surface area (Å²) >= 11 is 0. The first-order chi connectivity index (χ1) is 4.43. The molecule has 1 heterocycles. The van der Waals surface area contributed by atoms with Gasteiger partial charge in [0.25, 0.3) is 0 Å². The van der Waals surface area contributed by atoms with Crippen LogP contribution in [-0.2, 0) is 0 Å². The zero-order chi connectivity index (χ0) is 6.53. The fraction of sp³-hybridized carbons (Fsp3) is 0. The number of hydrogen-bond acceptors (Lipinski definition) is 1. The summed E-state index contributed by atoms with van der Waals surface area (Å²) < 4.78 is 11.3. The average Bonchev–Trinajstić information content (AvgIpc) is 1.91. The lowest BCUT2D eigenvalue weighted by Crippen LogP contribution is -1.74. The summed E-state index contributed by atoms with van der Waals surface area (Å²) in [5.74, 6) is 2.17. The first-order valence-electron chi connectivity index (χ1n) is 2.38. The summed E-state index contributed by atoms with van der Waals surface area (Å²) in [7, 11) is 0. The number of hydrogen-bond donors (Lipinski definition) is 0. The van der Waals surface area contributed by atoms with Gasteiger partial charge in [0.2, 0.25) is 0 Å². The standard InChI is InChI=1S/C7H3FN/c8-4-3-7-2-1-5-9-6-7/h1-2,5H. The molecule has 0 saturated carbocycles. The Hall–Kier alpha value is -1.36. The summed E-state index contributed by atoms with van der Waals surface area (Å²) in [6, 6.07) is 3.32. The van der Waals surface area contributed by atoms with Gasteiger partial charge in [-0.2, -0.15) is 0 Å². The lowest BCUT2D eigenvalue weighted by atomic mass is 10.3. The molecule has 1 aromatic rings. The van der Waals surface area contributed by atoms with Crippen LogP contribution in [0.1, 0.15) is 5.56 Å². The number of aromatic nitrogens is 1. The van der Waals surface area contributed by atoms with Crippen LogP contribution in [-0.4, -0.2) is 4.98 Å². The zero-order valence-corrected chi connectivity index (χ0v) is 4.56. The molecular formula is C7H3FN. The molecular weight excluding hydrogens is 117 g/mol. The van der Waals surface area contributed by atoms with Crippen LogP contribution in [0.15, 0.2) is 18.3 Å². The highest BCUT2D eigenvalue weighted by atomic mass is 19.1. The molecule has 0 unspecified atom stereocenters. The van der Waals surface area contributed by atoms with Gasteiger partial charge in [0.05, 0.1) is 5.56 Å². The third-order valence-corrected chi connectivity index (χ3v) is 0.790. The van der Waals surface area contributed by atoms with Crippen LogP contribution >= 0.6 is 0 Å². The van der Waals surface area contributed by atoms with Gasteiger partial charge in [0, 0.05) is 6.20 Å². The van der Waals surface area contributed by atoms with Gasteiger partial charge in [-0.1, -0.05) is 0 Å². The molecule has 0 spiro atoms. The molecule has 0 atom stereocenters. The first kappa shape index (κ1) is 5.77. The van der Waals surface area contributed by atoms with E-state index < -0.39 is 0 Å². The molecule has 0 fully saturated rings. The van der Waals surface area contributed by atoms with Crippen molar-refractivity contribution in [3.05, 3.63) is 30.1 Å². The van der Waals surface area contributed by atoms with Crippen LogP contribution in [0.2, 0.25) is 0 Å². The second kappa shape index (κ2) is 2.83. The molecule has 0 amide bonds. The second-order valence-corrected chi connectivity index (χ2v) is 1.38. The Morgan fingerprint density at radius 1 is 1.67 bits per heavy atom. The topological polar surface area (TPSA) is 12.9 Å². The van der Waals surface area contributed by atoms with Crippen molar-refractivity contribution in [2.45, 2.75) is 0 Å². The Kier molecular flexibility index (Phi) is 1.81. The minimum atomic E-state index is 0.472. The highest BCUT2D eigenvalue weighted by Crippen LogP contribution is 1.89. The first-order valence-corrected chi connectivity index (χ1v) is 2.38. The molecule has 2 heteroatoms. The summed E-state index contributed by atoms with van der Waals surface area (Å²) in [4.78, 5) is 3.61. The summed E-state index contributed by atoms with van der Waals surface area (Å²) in [6.45, 7) is 0. The van der Waals surface area contributed by atoms with E-state index in [4.69, 9.17) is 0 Å². The van der Waals surface area contributed by atoms with Crippen LogP contribution in [0, 0.1) is 18.3 Å². The number of rotatable bonds is 0. The van der Waals surface area contributed by atoms with E-state index in [9.17, 15) is 4.39 Å².